The largest absolute Gasteiger partial charge is 0.324 e. The summed E-state index contributed by atoms with van der Waals surface area (Å²) in [6.07, 6.45) is 1.12. The molecule has 26 heavy (non-hydrogen) atoms. The quantitative estimate of drug-likeness (QED) is 0.835. The lowest BCUT2D eigenvalue weighted by Gasteiger charge is -2.26. The Morgan fingerprint density at radius 2 is 1.62 bits per heavy atom. The Labute approximate surface area is 156 Å². The van der Waals surface area contributed by atoms with Gasteiger partial charge in [0.25, 0.3) is 0 Å². The van der Waals surface area contributed by atoms with Crippen molar-refractivity contribution in [2.24, 2.45) is 0 Å². The molecule has 0 aliphatic carbocycles. The molecule has 6 heteroatoms. The SMILES string of the molecule is Cc1cccc(C)c1NC(=O)CN(c1ccccc1C(C)C)S(C)(=O)=O. The molecule has 0 aliphatic heterocycles. The lowest BCUT2D eigenvalue weighted by molar-refractivity contribution is -0.114. The maximum atomic E-state index is 12.6. The predicted octanol–water partition coefficient (Wildman–Crippen LogP) is 3.83. The smallest absolute Gasteiger partial charge is 0.245 e. The highest BCUT2D eigenvalue weighted by molar-refractivity contribution is 7.92. The molecule has 0 aromatic heterocycles. The third-order valence-corrected chi connectivity index (χ3v) is 5.39. The molecule has 0 saturated heterocycles. The Morgan fingerprint density at radius 3 is 2.15 bits per heavy atom. The highest BCUT2D eigenvalue weighted by Crippen LogP contribution is 2.29. The van der Waals surface area contributed by atoms with Crippen LogP contribution in [0, 0.1) is 13.8 Å². The van der Waals surface area contributed by atoms with Gasteiger partial charge in [0, 0.05) is 5.69 Å². The number of sulfonamides is 1. The minimum atomic E-state index is -3.61. The van der Waals surface area contributed by atoms with Crippen molar-refractivity contribution in [1.82, 2.24) is 0 Å². The van der Waals surface area contributed by atoms with Gasteiger partial charge in [-0.2, -0.15) is 0 Å². The Balaban J connectivity index is 2.35. The molecule has 0 heterocycles. The predicted molar refractivity (Wildman–Crippen MR) is 107 cm³/mol. The summed E-state index contributed by atoms with van der Waals surface area (Å²) >= 11 is 0. The lowest BCUT2D eigenvalue weighted by atomic mass is 10.0. The first kappa shape index (κ1) is 20.0. The molecule has 0 fully saturated rings. The highest BCUT2D eigenvalue weighted by Gasteiger charge is 2.24. The van der Waals surface area contributed by atoms with Crippen LogP contribution in [0.2, 0.25) is 0 Å². The van der Waals surface area contributed by atoms with Gasteiger partial charge in [0.15, 0.2) is 0 Å². The molecule has 1 N–H and O–H groups in total. The number of carbonyl (C=O) groups excluding carboxylic acids is 1. The number of anilines is 2. The molecular formula is C20H26N2O3S. The third kappa shape index (κ3) is 4.64. The molecule has 0 atom stereocenters. The second-order valence-corrected chi connectivity index (χ2v) is 8.70. The second-order valence-electron chi connectivity index (χ2n) is 6.80. The van der Waals surface area contributed by atoms with E-state index in [1.807, 2.05) is 58.0 Å². The van der Waals surface area contributed by atoms with Gasteiger partial charge in [-0.1, -0.05) is 50.2 Å². The van der Waals surface area contributed by atoms with Crippen LogP contribution < -0.4 is 9.62 Å². The number of aryl methyl sites for hydroxylation is 2. The first-order valence-corrected chi connectivity index (χ1v) is 10.4. The highest BCUT2D eigenvalue weighted by atomic mass is 32.2. The number of nitrogens with zero attached hydrogens (tertiary/aromatic N) is 1. The number of hydrogen-bond acceptors (Lipinski definition) is 3. The summed E-state index contributed by atoms with van der Waals surface area (Å²) in [6.45, 7) is 7.54. The van der Waals surface area contributed by atoms with Crippen LogP contribution in [0.4, 0.5) is 11.4 Å². The molecule has 140 valence electrons. The van der Waals surface area contributed by atoms with E-state index in [9.17, 15) is 13.2 Å². The van der Waals surface area contributed by atoms with E-state index in [1.165, 1.54) is 4.31 Å². The van der Waals surface area contributed by atoms with Crippen molar-refractivity contribution in [2.45, 2.75) is 33.6 Å². The first-order valence-electron chi connectivity index (χ1n) is 8.54. The minimum absolute atomic E-state index is 0.136. The van der Waals surface area contributed by atoms with E-state index in [0.29, 0.717) is 5.69 Å². The fraction of sp³-hybridized carbons (Fsp3) is 0.350. The van der Waals surface area contributed by atoms with Crippen molar-refractivity contribution in [1.29, 1.82) is 0 Å². The van der Waals surface area contributed by atoms with E-state index in [1.54, 1.807) is 12.1 Å². The molecule has 2 aromatic rings. The Morgan fingerprint density at radius 1 is 1.04 bits per heavy atom. The van der Waals surface area contributed by atoms with Gasteiger partial charge in [-0.15, -0.1) is 0 Å². The Hall–Kier alpha value is -2.34. The zero-order valence-electron chi connectivity index (χ0n) is 15.9. The van der Waals surface area contributed by atoms with E-state index in [2.05, 4.69) is 5.32 Å². The van der Waals surface area contributed by atoms with Gasteiger partial charge in [-0.3, -0.25) is 9.10 Å². The fourth-order valence-corrected chi connectivity index (χ4v) is 3.78. The summed E-state index contributed by atoms with van der Waals surface area (Å²) < 4.78 is 25.9. The first-order chi connectivity index (χ1) is 12.1. The number of amides is 1. The van der Waals surface area contributed by atoms with Crippen molar-refractivity contribution in [3.8, 4) is 0 Å². The lowest BCUT2D eigenvalue weighted by Crippen LogP contribution is -2.38. The number of nitrogens with one attached hydrogen (secondary N) is 1. The normalized spacial score (nSPS) is 11.5. The molecule has 0 spiro atoms. The van der Waals surface area contributed by atoms with E-state index < -0.39 is 10.0 Å². The summed E-state index contributed by atoms with van der Waals surface area (Å²) in [6, 6.07) is 13.0. The Bertz CT molecular complexity index is 885. The number of benzene rings is 2. The number of para-hydroxylation sites is 2. The van der Waals surface area contributed by atoms with Gasteiger partial charge >= 0.3 is 0 Å². The van der Waals surface area contributed by atoms with Crippen molar-refractivity contribution in [2.75, 3.05) is 22.4 Å². The summed E-state index contributed by atoms with van der Waals surface area (Å²) in [5.74, 6) is -0.233. The molecule has 2 rings (SSSR count). The van der Waals surface area contributed by atoms with Crippen LogP contribution in [0.3, 0.4) is 0 Å². The van der Waals surface area contributed by atoms with Crippen LogP contribution in [0.25, 0.3) is 0 Å². The van der Waals surface area contributed by atoms with Crippen molar-refractivity contribution in [3.63, 3.8) is 0 Å². The van der Waals surface area contributed by atoms with Crippen molar-refractivity contribution >= 4 is 27.3 Å². The molecule has 2 aromatic carbocycles. The van der Waals surface area contributed by atoms with Crippen LogP contribution in [0.5, 0.6) is 0 Å². The zero-order chi connectivity index (χ0) is 19.5. The monoisotopic (exact) mass is 374 g/mol. The summed E-state index contributed by atoms with van der Waals surface area (Å²) in [7, 11) is -3.61. The Kier molecular flexibility index (Phi) is 6.08. The fourth-order valence-electron chi connectivity index (χ4n) is 2.90. The summed E-state index contributed by atoms with van der Waals surface area (Å²) in [5.41, 5.74) is 4.03. The molecule has 1 amide bonds. The molecule has 0 aliphatic rings. The molecule has 0 radical (unpaired) electrons. The summed E-state index contributed by atoms with van der Waals surface area (Å²) in [5, 5.41) is 2.85. The van der Waals surface area contributed by atoms with Crippen LogP contribution >= 0.6 is 0 Å². The van der Waals surface area contributed by atoms with Gasteiger partial charge in [0.1, 0.15) is 6.54 Å². The van der Waals surface area contributed by atoms with Crippen LogP contribution in [-0.2, 0) is 14.8 Å². The van der Waals surface area contributed by atoms with E-state index in [4.69, 9.17) is 0 Å². The number of carbonyl (C=O) groups is 1. The standard InChI is InChI=1S/C20H26N2O3S/c1-14(2)17-11-6-7-12-18(17)22(26(5,24)25)13-19(23)21-20-15(3)9-8-10-16(20)4/h6-12,14H,13H2,1-5H3,(H,21,23). The number of rotatable bonds is 6. The minimum Gasteiger partial charge on any atom is -0.324 e. The van der Waals surface area contributed by atoms with E-state index in [-0.39, 0.29) is 18.4 Å². The molecule has 0 bridgehead atoms. The molecule has 0 unspecified atom stereocenters. The van der Waals surface area contributed by atoms with Crippen LogP contribution in [0.15, 0.2) is 42.5 Å². The van der Waals surface area contributed by atoms with Crippen molar-refractivity contribution in [3.05, 3.63) is 59.2 Å². The van der Waals surface area contributed by atoms with Gasteiger partial charge in [0.2, 0.25) is 15.9 Å². The van der Waals surface area contributed by atoms with Gasteiger partial charge in [0.05, 0.1) is 11.9 Å². The second kappa shape index (κ2) is 7.91. The molecule has 5 nitrogen and oxygen atoms in total. The third-order valence-electron chi connectivity index (χ3n) is 4.26. The van der Waals surface area contributed by atoms with Gasteiger partial charge in [-0.25, -0.2) is 8.42 Å². The van der Waals surface area contributed by atoms with Gasteiger partial charge in [-0.05, 0) is 42.5 Å². The van der Waals surface area contributed by atoms with E-state index in [0.717, 1.165) is 28.6 Å². The van der Waals surface area contributed by atoms with Crippen molar-refractivity contribution < 1.29 is 13.2 Å². The molecule has 0 saturated carbocycles. The zero-order valence-corrected chi connectivity index (χ0v) is 16.7. The molecular weight excluding hydrogens is 348 g/mol. The van der Waals surface area contributed by atoms with Gasteiger partial charge < -0.3 is 5.32 Å². The average Bonchev–Trinajstić information content (AvgIpc) is 2.55. The van der Waals surface area contributed by atoms with E-state index >= 15 is 0 Å². The maximum Gasteiger partial charge on any atom is 0.245 e. The summed E-state index contributed by atoms with van der Waals surface area (Å²) in [4.78, 5) is 12.6. The number of hydrogen-bond donors (Lipinski definition) is 1. The average molecular weight is 375 g/mol. The van der Waals surface area contributed by atoms with Crippen LogP contribution in [-0.4, -0.2) is 27.1 Å². The van der Waals surface area contributed by atoms with Crippen LogP contribution in [0.1, 0.15) is 36.5 Å². The topological polar surface area (TPSA) is 66.5 Å². The maximum absolute atomic E-state index is 12.6.